The Bertz CT molecular complexity index is 463. The van der Waals surface area contributed by atoms with Gasteiger partial charge in [-0.1, -0.05) is 13.8 Å². The van der Waals surface area contributed by atoms with Crippen LogP contribution in [0.1, 0.15) is 38.1 Å². The average molecular weight is 314 g/mol. The Hall–Kier alpha value is -1.42. The zero-order valence-electron chi connectivity index (χ0n) is 13.1. The van der Waals surface area contributed by atoms with Crippen LogP contribution in [0.15, 0.2) is 18.2 Å². The van der Waals surface area contributed by atoms with Crippen molar-refractivity contribution in [3.8, 4) is 11.5 Å². The Morgan fingerprint density at radius 1 is 1.19 bits per heavy atom. The van der Waals surface area contributed by atoms with E-state index in [1.807, 2.05) is 27.7 Å². The molecule has 0 radical (unpaired) electrons. The number of rotatable bonds is 8. The highest BCUT2D eigenvalue weighted by atomic mass is 35.5. The second-order valence-corrected chi connectivity index (χ2v) is 5.56. The number of hydrogen-bond donors (Lipinski definition) is 1. The fourth-order valence-electron chi connectivity index (χ4n) is 1.72. The maximum atomic E-state index is 12.1. The van der Waals surface area contributed by atoms with Crippen molar-refractivity contribution in [2.75, 3.05) is 19.8 Å². The van der Waals surface area contributed by atoms with E-state index >= 15 is 0 Å². The number of halogens is 1. The van der Waals surface area contributed by atoms with Gasteiger partial charge in [-0.2, -0.15) is 0 Å². The normalized spacial score (nSPS) is 12.1. The van der Waals surface area contributed by atoms with Gasteiger partial charge in [-0.3, -0.25) is 4.79 Å². The fraction of sp³-hybridized carbons (Fsp3) is 0.562. The van der Waals surface area contributed by atoms with Crippen LogP contribution in [0.5, 0.6) is 11.5 Å². The highest BCUT2D eigenvalue weighted by Crippen LogP contribution is 2.28. The second-order valence-electron chi connectivity index (χ2n) is 5.00. The quantitative estimate of drug-likeness (QED) is 0.747. The number of carbonyl (C=O) groups excluding carboxylic acids is 1. The summed E-state index contributed by atoms with van der Waals surface area (Å²) in [6, 6.07) is 5.17. The first-order chi connectivity index (χ1) is 9.99. The summed E-state index contributed by atoms with van der Waals surface area (Å²) in [5.41, 5.74) is 0.537. The summed E-state index contributed by atoms with van der Waals surface area (Å²) in [6.45, 7) is 9.35. The summed E-state index contributed by atoms with van der Waals surface area (Å²) < 4.78 is 11.0. The van der Waals surface area contributed by atoms with Gasteiger partial charge >= 0.3 is 0 Å². The first-order valence-electron chi connectivity index (χ1n) is 7.31. The van der Waals surface area contributed by atoms with Gasteiger partial charge in [-0.25, -0.2) is 0 Å². The summed E-state index contributed by atoms with van der Waals surface area (Å²) in [6.07, 6.45) is 0. The van der Waals surface area contributed by atoms with Gasteiger partial charge in [0, 0.05) is 12.1 Å². The van der Waals surface area contributed by atoms with Gasteiger partial charge in [0.25, 0.3) is 5.91 Å². The van der Waals surface area contributed by atoms with E-state index in [2.05, 4.69) is 5.32 Å². The van der Waals surface area contributed by atoms with Crippen molar-refractivity contribution in [1.82, 2.24) is 5.32 Å². The van der Waals surface area contributed by atoms with Crippen LogP contribution < -0.4 is 14.8 Å². The number of nitrogens with one attached hydrogen (secondary N) is 1. The second kappa shape index (κ2) is 8.78. The van der Waals surface area contributed by atoms with Gasteiger partial charge < -0.3 is 14.8 Å². The van der Waals surface area contributed by atoms with Gasteiger partial charge in [-0.05, 0) is 38.0 Å². The molecule has 21 heavy (non-hydrogen) atoms. The largest absolute Gasteiger partial charge is 0.490 e. The molecule has 5 heteroatoms. The molecule has 0 saturated carbocycles. The van der Waals surface area contributed by atoms with Crippen LogP contribution in [0.3, 0.4) is 0 Å². The zero-order chi connectivity index (χ0) is 15.8. The van der Waals surface area contributed by atoms with Crippen LogP contribution in [-0.2, 0) is 0 Å². The van der Waals surface area contributed by atoms with Crippen molar-refractivity contribution in [3.05, 3.63) is 23.8 Å². The summed E-state index contributed by atoms with van der Waals surface area (Å²) in [5.74, 6) is 1.38. The average Bonchev–Trinajstić information content (AvgIpc) is 2.46. The molecular weight excluding hydrogens is 290 g/mol. The molecular formula is C16H24ClNO3. The van der Waals surface area contributed by atoms with Crippen LogP contribution >= 0.6 is 11.6 Å². The van der Waals surface area contributed by atoms with E-state index < -0.39 is 0 Å². The minimum absolute atomic E-state index is 0.0805. The van der Waals surface area contributed by atoms with E-state index in [0.29, 0.717) is 42.7 Å². The van der Waals surface area contributed by atoms with Gasteiger partial charge in [0.15, 0.2) is 11.5 Å². The predicted molar refractivity (Wildman–Crippen MR) is 85.6 cm³/mol. The molecule has 0 aliphatic heterocycles. The Kier molecular flexibility index (Phi) is 7.37. The SMILES string of the molecule is CCOc1ccc(C(=O)NCC(Cl)C(C)C)cc1OCC. The fourth-order valence-corrected chi connectivity index (χ4v) is 1.80. The van der Waals surface area contributed by atoms with Gasteiger partial charge in [0.05, 0.1) is 18.6 Å². The molecule has 1 rings (SSSR count). The smallest absolute Gasteiger partial charge is 0.251 e. The lowest BCUT2D eigenvalue weighted by Gasteiger charge is -2.15. The zero-order valence-corrected chi connectivity index (χ0v) is 13.9. The van der Waals surface area contributed by atoms with Crippen molar-refractivity contribution in [2.45, 2.75) is 33.1 Å². The molecule has 1 aromatic rings. The Labute approximate surface area is 131 Å². The molecule has 0 bridgehead atoms. The van der Waals surface area contributed by atoms with Crippen LogP contribution in [0.2, 0.25) is 0 Å². The van der Waals surface area contributed by atoms with Crippen molar-refractivity contribution in [3.63, 3.8) is 0 Å². The predicted octanol–water partition coefficient (Wildman–Crippen LogP) is 3.48. The number of benzene rings is 1. The van der Waals surface area contributed by atoms with Gasteiger partial charge in [0.2, 0.25) is 0 Å². The maximum Gasteiger partial charge on any atom is 0.251 e. The lowest BCUT2D eigenvalue weighted by Crippen LogP contribution is -2.31. The molecule has 0 aliphatic carbocycles. The first-order valence-corrected chi connectivity index (χ1v) is 7.75. The standard InChI is InChI=1S/C16H24ClNO3/c1-5-20-14-8-7-12(9-15(14)21-6-2)16(19)18-10-13(17)11(3)4/h7-9,11,13H,5-6,10H2,1-4H3,(H,18,19). The van der Waals surface area contributed by atoms with Crippen molar-refractivity contribution < 1.29 is 14.3 Å². The highest BCUT2D eigenvalue weighted by Gasteiger charge is 2.14. The molecule has 0 aromatic heterocycles. The molecule has 1 aromatic carbocycles. The number of alkyl halides is 1. The van der Waals surface area contributed by atoms with E-state index in [9.17, 15) is 4.79 Å². The molecule has 0 heterocycles. The minimum Gasteiger partial charge on any atom is -0.490 e. The Morgan fingerprint density at radius 2 is 1.81 bits per heavy atom. The molecule has 118 valence electrons. The topological polar surface area (TPSA) is 47.6 Å². The molecule has 0 fully saturated rings. The molecule has 1 unspecified atom stereocenters. The lowest BCUT2D eigenvalue weighted by atomic mass is 10.1. The van der Waals surface area contributed by atoms with E-state index in [0.717, 1.165) is 0 Å². The van der Waals surface area contributed by atoms with Crippen molar-refractivity contribution in [1.29, 1.82) is 0 Å². The molecule has 0 saturated heterocycles. The van der Waals surface area contributed by atoms with Crippen LogP contribution in [0.25, 0.3) is 0 Å². The van der Waals surface area contributed by atoms with E-state index in [4.69, 9.17) is 21.1 Å². The third-order valence-corrected chi connectivity index (χ3v) is 3.64. The van der Waals surface area contributed by atoms with Crippen LogP contribution in [0, 0.1) is 5.92 Å². The molecule has 1 atom stereocenters. The first kappa shape index (κ1) is 17.6. The molecule has 1 N–H and O–H groups in total. The van der Waals surface area contributed by atoms with Crippen molar-refractivity contribution in [2.24, 2.45) is 5.92 Å². The third kappa shape index (κ3) is 5.46. The Morgan fingerprint density at radius 3 is 2.38 bits per heavy atom. The van der Waals surface area contributed by atoms with Crippen LogP contribution in [0.4, 0.5) is 0 Å². The Balaban J connectivity index is 2.78. The number of amides is 1. The minimum atomic E-state index is -0.162. The molecule has 0 spiro atoms. The number of carbonyl (C=O) groups is 1. The van der Waals surface area contributed by atoms with E-state index in [-0.39, 0.29) is 11.3 Å². The van der Waals surface area contributed by atoms with Gasteiger partial charge in [-0.15, -0.1) is 11.6 Å². The summed E-state index contributed by atoms with van der Waals surface area (Å²) in [5, 5.41) is 2.75. The number of ether oxygens (including phenoxy) is 2. The molecule has 0 aliphatic rings. The highest BCUT2D eigenvalue weighted by molar-refractivity contribution is 6.21. The summed E-state index contributed by atoms with van der Waals surface area (Å²) in [4.78, 5) is 12.1. The van der Waals surface area contributed by atoms with E-state index in [1.54, 1.807) is 18.2 Å². The summed E-state index contributed by atoms with van der Waals surface area (Å²) >= 11 is 6.14. The third-order valence-electron chi connectivity index (χ3n) is 2.99. The molecule has 1 amide bonds. The van der Waals surface area contributed by atoms with Crippen molar-refractivity contribution >= 4 is 17.5 Å². The van der Waals surface area contributed by atoms with Gasteiger partial charge in [0.1, 0.15) is 0 Å². The number of hydrogen-bond acceptors (Lipinski definition) is 3. The lowest BCUT2D eigenvalue weighted by molar-refractivity contribution is 0.0952. The summed E-state index contributed by atoms with van der Waals surface area (Å²) in [7, 11) is 0. The monoisotopic (exact) mass is 313 g/mol. The van der Waals surface area contributed by atoms with Crippen LogP contribution in [-0.4, -0.2) is 31.0 Å². The molecule has 4 nitrogen and oxygen atoms in total. The van der Waals surface area contributed by atoms with E-state index in [1.165, 1.54) is 0 Å². The maximum absolute atomic E-state index is 12.1.